The molecule has 3 aromatic rings. The van der Waals surface area contributed by atoms with Crippen molar-refractivity contribution in [3.8, 4) is 10.4 Å². The van der Waals surface area contributed by atoms with E-state index in [0.717, 1.165) is 10.4 Å². The molecule has 1 aromatic heterocycles. The number of rotatable bonds is 7. The molecule has 0 spiro atoms. The van der Waals surface area contributed by atoms with Crippen molar-refractivity contribution in [3.63, 3.8) is 0 Å². The van der Waals surface area contributed by atoms with Crippen LogP contribution >= 0.6 is 22.9 Å². The summed E-state index contributed by atoms with van der Waals surface area (Å²) in [5, 5.41) is 9.78. The number of amides is 1. The highest BCUT2D eigenvalue weighted by Crippen LogP contribution is 2.45. The Morgan fingerprint density at radius 3 is 2.42 bits per heavy atom. The first-order chi connectivity index (χ1) is 17.1. The van der Waals surface area contributed by atoms with E-state index in [-0.39, 0.29) is 25.3 Å². The first kappa shape index (κ1) is 26.8. The van der Waals surface area contributed by atoms with E-state index in [1.54, 1.807) is 54.6 Å². The predicted molar refractivity (Wildman–Crippen MR) is 140 cm³/mol. The molecule has 4 rings (SSSR count). The summed E-state index contributed by atoms with van der Waals surface area (Å²) >= 11 is 7.20. The number of hydroxylamine groups is 1. The normalized spacial score (nSPS) is 20.5. The maximum atomic E-state index is 13.7. The molecule has 0 bridgehead atoms. The minimum absolute atomic E-state index is 0.0821. The van der Waals surface area contributed by atoms with E-state index in [1.165, 1.54) is 21.1 Å². The van der Waals surface area contributed by atoms with Gasteiger partial charge in [-0.2, -0.15) is 0 Å². The summed E-state index contributed by atoms with van der Waals surface area (Å²) < 4.78 is 53.2. The van der Waals surface area contributed by atoms with Crippen LogP contribution in [0.1, 0.15) is 23.3 Å². The highest BCUT2D eigenvalue weighted by molar-refractivity contribution is 7.92. The molecule has 1 aliphatic heterocycles. The van der Waals surface area contributed by atoms with E-state index in [2.05, 4.69) is 0 Å². The van der Waals surface area contributed by atoms with E-state index >= 15 is 0 Å². The number of nitrogens with zero attached hydrogens (tertiary/aromatic N) is 1. The van der Waals surface area contributed by atoms with Crippen LogP contribution in [-0.4, -0.2) is 51.1 Å². The van der Waals surface area contributed by atoms with Crippen LogP contribution in [0.5, 0.6) is 0 Å². The Bertz CT molecular complexity index is 1440. The molecule has 1 aliphatic rings. The van der Waals surface area contributed by atoms with Gasteiger partial charge in [0.15, 0.2) is 9.84 Å². The van der Waals surface area contributed by atoms with Crippen LogP contribution < -0.4 is 5.48 Å². The Hall–Kier alpha value is -2.28. The topological polar surface area (TPSA) is 121 Å². The van der Waals surface area contributed by atoms with Gasteiger partial charge in [-0.15, -0.1) is 11.3 Å². The third-order valence-electron chi connectivity index (χ3n) is 6.31. The van der Waals surface area contributed by atoms with Gasteiger partial charge in [0.25, 0.3) is 0 Å². The number of carbonyl (C=O) groups is 1. The predicted octanol–water partition coefficient (Wildman–Crippen LogP) is 3.81. The van der Waals surface area contributed by atoms with Crippen LogP contribution in [0.2, 0.25) is 5.02 Å². The van der Waals surface area contributed by atoms with E-state index < -0.39 is 42.7 Å². The maximum absolute atomic E-state index is 13.7. The molecule has 2 aromatic carbocycles. The van der Waals surface area contributed by atoms with E-state index in [0.29, 0.717) is 15.5 Å². The van der Waals surface area contributed by atoms with Gasteiger partial charge in [-0.3, -0.25) is 10.0 Å². The maximum Gasteiger partial charge on any atom is 0.245 e. The quantitative estimate of drug-likeness (QED) is 0.330. The number of thiophene rings is 1. The van der Waals surface area contributed by atoms with Crippen LogP contribution in [0.15, 0.2) is 66.7 Å². The second-order valence-electron chi connectivity index (χ2n) is 8.59. The second-order valence-corrected chi connectivity index (χ2v) is 14.5. The number of sulfonamides is 1. The lowest BCUT2D eigenvalue weighted by atomic mass is 9.97. The van der Waals surface area contributed by atoms with Gasteiger partial charge in [-0.25, -0.2) is 26.6 Å². The molecule has 36 heavy (non-hydrogen) atoms. The standard InChI is InChI=1S/C24H25ClN2O6S3/c25-20-8-6-19(7-9-20)21-10-11-22(34-21)24(16-23(28)26-29)12-13-27(14-15-35(24,30)31)36(32,33)17-18-4-2-1-3-5-18/h1-11,29H,12-17H2,(H,26,28). The molecule has 1 atom stereocenters. The molecule has 1 unspecified atom stereocenters. The smallest absolute Gasteiger partial charge is 0.245 e. The van der Waals surface area contributed by atoms with Gasteiger partial charge in [0, 0.05) is 27.9 Å². The van der Waals surface area contributed by atoms with E-state index in [4.69, 9.17) is 11.6 Å². The lowest BCUT2D eigenvalue weighted by Gasteiger charge is -2.30. The van der Waals surface area contributed by atoms with Crippen LogP contribution in [0.25, 0.3) is 10.4 Å². The SMILES string of the molecule is O=C(CC1(c2ccc(-c3ccc(Cl)cc3)s2)CCN(S(=O)(=O)Cc2ccccc2)CCS1(=O)=O)NO. The lowest BCUT2D eigenvalue weighted by Crippen LogP contribution is -2.41. The summed E-state index contributed by atoms with van der Waals surface area (Å²) in [7, 11) is -7.82. The third kappa shape index (κ3) is 5.51. The van der Waals surface area contributed by atoms with Crippen LogP contribution in [-0.2, 0) is 35.2 Å². The number of sulfone groups is 1. The summed E-state index contributed by atoms with van der Waals surface area (Å²) in [6, 6.07) is 19.2. The highest BCUT2D eigenvalue weighted by atomic mass is 35.5. The van der Waals surface area contributed by atoms with Gasteiger partial charge in [0.1, 0.15) is 4.75 Å². The minimum atomic E-state index is -4.01. The molecule has 2 heterocycles. The number of nitrogens with one attached hydrogen (secondary N) is 1. The van der Waals surface area contributed by atoms with Crippen molar-refractivity contribution in [2.75, 3.05) is 18.8 Å². The monoisotopic (exact) mass is 568 g/mol. The molecule has 0 saturated carbocycles. The zero-order valence-electron chi connectivity index (χ0n) is 19.1. The summed E-state index contributed by atoms with van der Waals surface area (Å²) in [4.78, 5) is 13.5. The molecule has 12 heteroatoms. The van der Waals surface area contributed by atoms with Crippen LogP contribution in [0.3, 0.4) is 0 Å². The largest absolute Gasteiger partial charge is 0.289 e. The highest BCUT2D eigenvalue weighted by Gasteiger charge is 2.50. The average Bonchev–Trinajstić information content (AvgIpc) is 3.29. The molecule has 192 valence electrons. The summed E-state index contributed by atoms with van der Waals surface area (Å²) in [6.45, 7) is -0.295. The number of hydrogen-bond donors (Lipinski definition) is 2. The first-order valence-corrected chi connectivity index (χ1v) is 15.6. The summed E-state index contributed by atoms with van der Waals surface area (Å²) in [5.74, 6) is -1.56. The van der Waals surface area contributed by atoms with Crippen molar-refractivity contribution >= 4 is 48.7 Å². The molecular weight excluding hydrogens is 544 g/mol. The van der Waals surface area contributed by atoms with Crippen molar-refractivity contribution in [1.29, 1.82) is 0 Å². The second kappa shape index (κ2) is 10.6. The number of hydrogen-bond acceptors (Lipinski definition) is 7. The fraction of sp³-hybridized carbons (Fsp3) is 0.292. The fourth-order valence-corrected chi connectivity index (χ4v) is 9.74. The van der Waals surface area contributed by atoms with Crippen molar-refractivity contribution in [1.82, 2.24) is 9.79 Å². The summed E-state index contributed by atoms with van der Waals surface area (Å²) in [6.07, 6.45) is -0.656. The fourth-order valence-electron chi connectivity index (χ4n) is 4.36. The third-order valence-corrected chi connectivity index (χ3v) is 12.4. The molecule has 1 saturated heterocycles. The van der Waals surface area contributed by atoms with Crippen LogP contribution in [0.4, 0.5) is 0 Å². The average molecular weight is 569 g/mol. The van der Waals surface area contributed by atoms with Crippen LogP contribution in [0, 0.1) is 0 Å². The van der Waals surface area contributed by atoms with Gasteiger partial charge < -0.3 is 0 Å². The van der Waals surface area contributed by atoms with Crippen molar-refractivity contribution in [2.45, 2.75) is 23.3 Å². The first-order valence-electron chi connectivity index (χ1n) is 11.1. The number of benzene rings is 2. The van der Waals surface area contributed by atoms with E-state index in [1.807, 2.05) is 12.1 Å². The number of halogens is 1. The van der Waals surface area contributed by atoms with Gasteiger partial charge in [-0.05, 0) is 41.8 Å². The number of carbonyl (C=O) groups excluding carboxylic acids is 1. The van der Waals surface area contributed by atoms with Gasteiger partial charge >= 0.3 is 0 Å². The lowest BCUT2D eigenvalue weighted by molar-refractivity contribution is -0.129. The summed E-state index contributed by atoms with van der Waals surface area (Å²) in [5.41, 5.74) is 2.97. The molecule has 0 aliphatic carbocycles. The van der Waals surface area contributed by atoms with Crippen molar-refractivity contribution < 1.29 is 26.8 Å². The van der Waals surface area contributed by atoms with Gasteiger partial charge in [0.2, 0.25) is 15.9 Å². The minimum Gasteiger partial charge on any atom is -0.289 e. The van der Waals surface area contributed by atoms with Gasteiger partial charge in [-0.1, -0.05) is 54.1 Å². The Balaban J connectivity index is 1.70. The Labute approximate surface area is 219 Å². The molecule has 8 nitrogen and oxygen atoms in total. The van der Waals surface area contributed by atoms with Crippen molar-refractivity contribution in [2.24, 2.45) is 0 Å². The Kier molecular flexibility index (Phi) is 7.89. The van der Waals surface area contributed by atoms with E-state index in [9.17, 15) is 26.8 Å². The molecule has 0 radical (unpaired) electrons. The Morgan fingerprint density at radius 2 is 1.75 bits per heavy atom. The zero-order valence-corrected chi connectivity index (χ0v) is 22.3. The van der Waals surface area contributed by atoms with Gasteiger partial charge in [0.05, 0.1) is 17.9 Å². The molecule has 1 amide bonds. The van der Waals surface area contributed by atoms with Crippen molar-refractivity contribution in [3.05, 3.63) is 82.2 Å². The molecular formula is C24H25ClN2O6S3. The zero-order chi connectivity index (χ0) is 26.0. The Morgan fingerprint density at radius 1 is 1.06 bits per heavy atom. The molecule has 1 fully saturated rings. The molecule has 2 N–H and O–H groups in total.